The van der Waals surface area contributed by atoms with Crippen molar-refractivity contribution < 1.29 is 13.2 Å². The van der Waals surface area contributed by atoms with E-state index in [1.807, 2.05) is 24.3 Å². The molecule has 2 nitrogen and oxygen atoms in total. The fourth-order valence-electron chi connectivity index (χ4n) is 2.05. The summed E-state index contributed by atoms with van der Waals surface area (Å²) in [5.74, 6) is 0.605. The first-order valence-corrected chi connectivity index (χ1v) is 6.32. The fraction of sp³-hybridized carbons (Fsp3) is 0.0625. The van der Waals surface area contributed by atoms with Crippen molar-refractivity contribution in [1.29, 1.82) is 0 Å². The Hall–Kier alpha value is -2.56. The monoisotopic (exact) mass is 288 g/mol. The van der Waals surface area contributed by atoms with Crippen molar-refractivity contribution >= 4 is 23.2 Å². The number of rotatable bonds is 2. The quantitative estimate of drug-likeness (QED) is 0.724. The molecule has 1 aromatic heterocycles. The molecule has 0 aliphatic carbocycles. The molecular weight excluding hydrogens is 277 g/mol. The van der Waals surface area contributed by atoms with Crippen LogP contribution in [0.15, 0.2) is 48.5 Å². The van der Waals surface area contributed by atoms with Crippen molar-refractivity contribution in [2.24, 2.45) is 0 Å². The maximum atomic E-state index is 12.6. The number of aromatic nitrogens is 2. The van der Waals surface area contributed by atoms with Gasteiger partial charge in [-0.1, -0.05) is 30.3 Å². The molecule has 2 aromatic carbocycles. The Labute approximate surface area is 119 Å². The summed E-state index contributed by atoms with van der Waals surface area (Å²) in [6.45, 7) is 0. The molecule has 0 amide bonds. The van der Waals surface area contributed by atoms with Crippen molar-refractivity contribution in [1.82, 2.24) is 9.97 Å². The molecule has 0 bridgehead atoms. The minimum absolute atomic E-state index is 0.477. The first-order valence-electron chi connectivity index (χ1n) is 6.32. The van der Waals surface area contributed by atoms with E-state index in [0.717, 1.165) is 23.2 Å². The van der Waals surface area contributed by atoms with Gasteiger partial charge in [0.25, 0.3) is 0 Å². The lowest BCUT2D eigenvalue weighted by Gasteiger charge is -2.06. The molecule has 3 aromatic rings. The number of hydrogen-bond acceptors (Lipinski definition) is 1. The van der Waals surface area contributed by atoms with Crippen molar-refractivity contribution in [3.63, 3.8) is 0 Å². The largest absolute Gasteiger partial charge is 0.416 e. The van der Waals surface area contributed by atoms with Gasteiger partial charge in [-0.3, -0.25) is 0 Å². The molecule has 21 heavy (non-hydrogen) atoms. The van der Waals surface area contributed by atoms with E-state index in [1.54, 1.807) is 18.2 Å². The number of hydrogen-bond donors (Lipinski definition) is 1. The van der Waals surface area contributed by atoms with E-state index >= 15 is 0 Å². The third-order valence-corrected chi connectivity index (χ3v) is 3.06. The van der Waals surface area contributed by atoms with Crippen molar-refractivity contribution in [3.05, 3.63) is 65.5 Å². The smallest absolute Gasteiger partial charge is 0.338 e. The van der Waals surface area contributed by atoms with Crippen molar-refractivity contribution in [3.8, 4) is 0 Å². The Balaban J connectivity index is 1.89. The Morgan fingerprint density at radius 1 is 0.952 bits per heavy atom. The molecule has 0 fully saturated rings. The number of benzene rings is 2. The number of imidazole rings is 1. The van der Waals surface area contributed by atoms with Crippen LogP contribution in [-0.2, 0) is 6.18 Å². The molecule has 3 rings (SSSR count). The number of para-hydroxylation sites is 2. The molecule has 0 atom stereocenters. The number of H-pyrrole nitrogens is 1. The van der Waals surface area contributed by atoms with Crippen LogP contribution in [0.25, 0.3) is 23.2 Å². The van der Waals surface area contributed by atoms with E-state index in [4.69, 9.17) is 0 Å². The first-order chi connectivity index (χ1) is 10.0. The van der Waals surface area contributed by atoms with Crippen LogP contribution in [0.1, 0.15) is 17.0 Å². The summed E-state index contributed by atoms with van der Waals surface area (Å²) in [5.41, 5.74) is 1.53. The van der Waals surface area contributed by atoms with Crippen LogP contribution in [0.5, 0.6) is 0 Å². The first kappa shape index (κ1) is 13.4. The van der Waals surface area contributed by atoms with Crippen LogP contribution in [0.2, 0.25) is 0 Å². The predicted octanol–water partition coefficient (Wildman–Crippen LogP) is 4.75. The van der Waals surface area contributed by atoms with Gasteiger partial charge in [-0.15, -0.1) is 0 Å². The summed E-state index contributed by atoms with van der Waals surface area (Å²) in [5, 5.41) is 0. The van der Waals surface area contributed by atoms with Gasteiger partial charge in [0.05, 0.1) is 16.6 Å². The van der Waals surface area contributed by atoms with Gasteiger partial charge in [-0.25, -0.2) is 4.98 Å². The average Bonchev–Trinajstić information content (AvgIpc) is 2.87. The van der Waals surface area contributed by atoms with Gasteiger partial charge in [-0.05, 0) is 35.9 Å². The van der Waals surface area contributed by atoms with E-state index in [-0.39, 0.29) is 0 Å². The standard InChI is InChI=1S/C16H11F3N2/c17-16(18,19)12-5-3-4-11(10-12)8-9-15-20-13-6-1-2-7-14(13)21-15/h1-10H,(H,20,21). The minimum atomic E-state index is -4.33. The van der Waals surface area contributed by atoms with Crippen molar-refractivity contribution in [2.75, 3.05) is 0 Å². The zero-order valence-electron chi connectivity index (χ0n) is 10.9. The van der Waals surface area contributed by atoms with Crippen LogP contribution < -0.4 is 0 Å². The van der Waals surface area contributed by atoms with Crippen LogP contribution in [-0.4, -0.2) is 9.97 Å². The van der Waals surface area contributed by atoms with Crippen LogP contribution in [0.3, 0.4) is 0 Å². The molecule has 0 radical (unpaired) electrons. The molecule has 0 saturated heterocycles. The number of alkyl halides is 3. The molecule has 0 aliphatic rings. The van der Waals surface area contributed by atoms with E-state index in [1.165, 1.54) is 6.07 Å². The van der Waals surface area contributed by atoms with Gasteiger partial charge in [0.1, 0.15) is 5.82 Å². The summed E-state index contributed by atoms with van der Waals surface area (Å²) in [7, 11) is 0. The average molecular weight is 288 g/mol. The maximum Gasteiger partial charge on any atom is 0.416 e. The molecule has 0 spiro atoms. The second-order valence-corrected chi connectivity index (χ2v) is 4.60. The van der Waals surface area contributed by atoms with Gasteiger partial charge < -0.3 is 4.98 Å². The number of fused-ring (bicyclic) bond motifs is 1. The maximum absolute atomic E-state index is 12.6. The lowest BCUT2D eigenvalue weighted by Crippen LogP contribution is -2.04. The summed E-state index contributed by atoms with van der Waals surface area (Å²) >= 11 is 0. The summed E-state index contributed by atoms with van der Waals surface area (Å²) < 4.78 is 37.9. The summed E-state index contributed by atoms with van der Waals surface area (Å²) in [6, 6.07) is 12.7. The molecule has 1 heterocycles. The fourth-order valence-corrected chi connectivity index (χ4v) is 2.05. The van der Waals surface area contributed by atoms with Crippen molar-refractivity contribution in [2.45, 2.75) is 6.18 Å². The second-order valence-electron chi connectivity index (χ2n) is 4.60. The lowest BCUT2D eigenvalue weighted by molar-refractivity contribution is -0.137. The lowest BCUT2D eigenvalue weighted by atomic mass is 10.1. The zero-order chi connectivity index (χ0) is 14.9. The van der Waals surface area contributed by atoms with Gasteiger partial charge in [0.2, 0.25) is 0 Å². The van der Waals surface area contributed by atoms with Gasteiger partial charge >= 0.3 is 6.18 Å². The molecule has 0 saturated carbocycles. The normalized spacial score (nSPS) is 12.3. The molecule has 0 aliphatic heterocycles. The van der Waals surface area contributed by atoms with Gasteiger partial charge in [0, 0.05) is 0 Å². The number of nitrogens with zero attached hydrogens (tertiary/aromatic N) is 1. The Kier molecular flexibility index (Phi) is 3.25. The minimum Gasteiger partial charge on any atom is -0.338 e. The molecule has 5 heteroatoms. The Morgan fingerprint density at radius 3 is 2.52 bits per heavy atom. The van der Waals surface area contributed by atoms with Gasteiger partial charge in [0.15, 0.2) is 0 Å². The van der Waals surface area contributed by atoms with E-state index in [2.05, 4.69) is 9.97 Å². The highest BCUT2D eigenvalue weighted by Gasteiger charge is 2.30. The third kappa shape index (κ3) is 2.97. The highest BCUT2D eigenvalue weighted by molar-refractivity contribution is 5.78. The third-order valence-electron chi connectivity index (χ3n) is 3.06. The van der Waals surface area contributed by atoms with Crippen LogP contribution in [0, 0.1) is 0 Å². The molecule has 106 valence electrons. The number of halogens is 3. The zero-order valence-corrected chi connectivity index (χ0v) is 10.9. The molecule has 1 N–H and O–H groups in total. The molecular formula is C16H11F3N2. The van der Waals surface area contributed by atoms with Crippen LogP contribution in [0.4, 0.5) is 13.2 Å². The number of aromatic amines is 1. The topological polar surface area (TPSA) is 28.7 Å². The Morgan fingerprint density at radius 2 is 1.76 bits per heavy atom. The van der Waals surface area contributed by atoms with E-state index in [9.17, 15) is 13.2 Å². The Bertz CT molecular complexity index is 767. The highest BCUT2D eigenvalue weighted by atomic mass is 19.4. The van der Waals surface area contributed by atoms with Gasteiger partial charge in [-0.2, -0.15) is 13.2 Å². The van der Waals surface area contributed by atoms with Crippen LogP contribution >= 0.6 is 0 Å². The SMILES string of the molecule is FC(F)(F)c1cccc(C=Cc2nc3ccccc3[nH]2)c1. The molecule has 0 unspecified atom stereocenters. The van der Waals surface area contributed by atoms with E-state index in [0.29, 0.717) is 11.4 Å². The second kappa shape index (κ2) is 5.09. The van der Waals surface area contributed by atoms with E-state index < -0.39 is 11.7 Å². The summed E-state index contributed by atoms with van der Waals surface area (Å²) in [4.78, 5) is 7.42. The number of nitrogens with one attached hydrogen (secondary N) is 1. The predicted molar refractivity (Wildman–Crippen MR) is 76.5 cm³/mol. The summed E-state index contributed by atoms with van der Waals surface area (Å²) in [6.07, 6.45) is -1.06. The highest BCUT2D eigenvalue weighted by Crippen LogP contribution is 2.29.